The third-order valence-electron chi connectivity index (χ3n) is 7.10. The third-order valence-corrected chi connectivity index (χ3v) is 7.43. The molecule has 1 aliphatic carbocycles. The van der Waals surface area contributed by atoms with Gasteiger partial charge in [-0.15, -0.1) is 0 Å². The van der Waals surface area contributed by atoms with Gasteiger partial charge >= 0.3 is 5.97 Å². The molecule has 4 rings (SSSR count). The first kappa shape index (κ1) is 26.7. The molecule has 1 aliphatic heterocycles. The normalized spacial score (nSPS) is 20.2. The molecule has 0 bridgehead atoms. The van der Waals surface area contributed by atoms with Gasteiger partial charge in [-0.05, 0) is 62.4 Å². The average molecular weight is 528 g/mol. The van der Waals surface area contributed by atoms with E-state index in [9.17, 15) is 9.59 Å². The van der Waals surface area contributed by atoms with Gasteiger partial charge in [-0.2, -0.15) is 0 Å². The van der Waals surface area contributed by atoms with Crippen LogP contribution in [0.1, 0.15) is 63.0 Å². The highest BCUT2D eigenvalue weighted by molar-refractivity contribution is 6.31. The summed E-state index contributed by atoms with van der Waals surface area (Å²) < 4.78 is 31.7. The lowest BCUT2D eigenvalue weighted by molar-refractivity contribution is -0.144. The number of dihydropyridines is 1. The summed E-state index contributed by atoms with van der Waals surface area (Å²) in [6.07, 6.45) is 0.961. The van der Waals surface area contributed by atoms with Crippen LogP contribution in [0.25, 0.3) is 0 Å². The van der Waals surface area contributed by atoms with E-state index in [1.807, 2.05) is 25.1 Å². The number of rotatable bonds is 7. The van der Waals surface area contributed by atoms with Crippen LogP contribution in [-0.2, 0) is 14.3 Å². The molecule has 0 aromatic heterocycles. The predicted octanol–water partition coefficient (Wildman–Crippen LogP) is 6.20. The highest BCUT2D eigenvalue weighted by Gasteiger charge is 2.43. The molecule has 0 radical (unpaired) electrons. The summed E-state index contributed by atoms with van der Waals surface area (Å²) in [4.78, 5) is 27.1. The molecule has 0 spiro atoms. The van der Waals surface area contributed by atoms with Gasteiger partial charge in [-0.3, -0.25) is 4.79 Å². The zero-order chi connectivity index (χ0) is 26.9. The highest BCUT2D eigenvalue weighted by Crippen LogP contribution is 2.48. The summed E-state index contributed by atoms with van der Waals surface area (Å²) in [5, 5.41) is 3.42. The second-order valence-electron chi connectivity index (χ2n) is 9.39. The van der Waals surface area contributed by atoms with Gasteiger partial charge in [0.1, 0.15) is 5.82 Å². The van der Waals surface area contributed by atoms with Crippen LogP contribution in [-0.4, -0.2) is 32.1 Å². The average Bonchev–Trinajstić information content (AvgIpc) is 2.87. The second-order valence-corrected chi connectivity index (χ2v) is 9.80. The summed E-state index contributed by atoms with van der Waals surface area (Å²) in [6, 6.07) is 9.95. The minimum Gasteiger partial charge on any atom is -0.493 e. The molecule has 0 saturated carbocycles. The molecule has 0 amide bonds. The summed E-state index contributed by atoms with van der Waals surface area (Å²) >= 11 is 6.48. The number of carbonyl (C=O) groups excluding carboxylic acids is 2. The van der Waals surface area contributed by atoms with E-state index in [4.69, 9.17) is 25.8 Å². The number of halogens is 2. The number of nitrogens with one attached hydrogen (secondary N) is 1. The molecular formula is C29H31ClFNO5. The minimum atomic E-state index is -0.972. The van der Waals surface area contributed by atoms with Crippen molar-refractivity contribution in [3.05, 3.63) is 80.9 Å². The molecule has 2 aromatic rings. The van der Waals surface area contributed by atoms with Gasteiger partial charge < -0.3 is 19.5 Å². The molecule has 3 unspecified atom stereocenters. The lowest BCUT2D eigenvalue weighted by Crippen LogP contribution is -2.37. The standard InChI is InChI=1S/C29H31ClFNO5/c1-6-15(2)37-29(34)25-16(3)32-21-12-18(17-10-11-23(35-4)24(14-17)36-5)13-22(33)27(21)28(25)26-19(30)8-7-9-20(26)31/h7-11,14-15,18,28,32H,6,12-13H2,1-5H3. The number of allylic oxidation sites excluding steroid dienone is 3. The fourth-order valence-corrected chi connectivity index (χ4v) is 5.33. The van der Waals surface area contributed by atoms with Gasteiger partial charge in [0.15, 0.2) is 17.3 Å². The summed E-state index contributed by atoms with van der Waals surface area (Å²) in [5.74, 6) is -1.29. The maximum Gasteiger partial charge on any atom is 0.337 e. The Labute approximate surface area is 221 Å². The molecule has 1 N–H and O–H groups in total. The summed E-state index contributed by atoms with van der Waals surface area (Å²) in [6.45, 7) is 5.44. The Morgan fingerprint density at radius 1 is 1.16 bits per heavy atom. The third kappa shape index (κ3) is 5.10. The highest BCUT2D eigenvalue weighted by atomic mass is 35.5. The number of benzene rings is 2. The Kier molecular flexibility index (Phi) is 7.93. The Balaban J connectivity index is 1.81. The van der Waals surface area contributed by atoms with Crippen molar-refractivity contribution >= 4 is 23.4 Å². The first-order chi connectivity index (χ1) is 17.7. The van der Waals surface area contributed by atoms with E-state index < -0.39 is 17.7 Å². The van der Waals surface area contributed by atoms with Crippen LogP contribution in [0.3, 0.4) is 0 Å². The number of ketones is 1. The van der Waals surface area contributed by atoms with E-state index >= 15 is 4.39 Å². The second kappa shape index (κ2) is 11.0. The maximum atomic E-state index is 15.3. The molecular weight excluding hydrogens is 497 g/mol. The number of hydrogen-bond acceptors (Lipinski definition) is 6. The van der Waals surface area contributed by atoms with Crippen molar-refractivity contribution < 1.29 is 28.2 Å². The van der Waals surface area contributed by atoms with Crippen molar-refractivity contribution in [3.63, 3.8) is 0 Å². The smallest absolute Gasteiger partial charge is 0.337 e. The van der Waals surface area contributed by atoms with Crippen LogP contribution in [0.5, 0.6) is 11.5 Å². The van der Waals surface area contributed by atoms with E-state index in [0.717, 1.165) is 5.56 Å². The number of methoxy groups -OCH3 is 2. The Morgan fingerprint density at radius 2 is 1.89 bits per heavy atom. The lowest BCUT2D eigenvalue weighted by Gasteiger charge is -2.37. The van der Waals surface area contributed by atoms with Crippen molar-refractivity contribution in [2.75, 3.05) is 14.2 Å². The van der Waals surface area contributed by atoms with Gasteiger partial charge in [0.05, 0.1) is 31.8 Å². The SMILES string of the molecule is CCC(C)OC(=O)C1=C(C)NC2=C(C(=O)CC(c3ccc(OC)c(OC)c3)C2)C1c1c(F)cccc1Cl. The van der Waals surface area contributed by atoms with Gasteiger partial charge in [0.2, 0.25) is 0 Å². The van der Waals surface area contributed by atoms with Gasteiger partial charge in [-0.1, -0.05) is 30.7 Å². The van der Waals surface area contributed by atoms with Crippen LogP contribution < -0.4 is 14.8 Å². The van der Waals surface area contributed by atoms with Crippen molar-refractivity contribution in [3.8, 4) is 11.5 Å². The van der Waals surface area contributed by atoms with Crippen molar-refractivity contribution in [2.45, 2.75) is 58.0 Å². The Bertz CT molecular complexity index is 1280. The van der Waals surface area contributed by atoms with Crippen molar-refractivity contribution in [1.82, 2.24) is 5.32 Å². The summed E-state index contributed by atoms with van der Waals surface area (Å²) in [5.41, 5.74) is 2.74. The van der Waals surface area contributed by atoms with Crippen LogP contribution in [0.4, 0.5) is 4.39 Å². The molecule has 0 saturated heterocycles. The van der Waals surface area contributed by atoms with E-state index in [1.54, 1.807) is 34.1 Å². The van der Waals surface area contributed by atoms with Crippen molar-refractivity contribution in [2.24, 2.45) is 0 Å². The zero-order valence-corrected chi connectivity index (χ0v) is 22.4. The van der Waals surface area contributed by atoms with E-state index in [1.165, 1.54) is 12.1 Å². The molecule has 6 nitrogen and oxygen atoms in total. The quantitative estimate of drug-likeness (QED) is 0.432. The molecule has 1 heterocycles. The first-order valence-electron chi connectivity index (χ1n) is 12.3. The molecule has 2 aliphatic rings. The van der Waals surface area contributed by atoms with E-state index in [0.29, 0.717) is 41.3 Å². The lowest BCUT2D eigenvalue weighted by atomic mass is 9.71. The molecule has 0 fully saturated rings. The monoisotopic (exact) mass is 527 g/mol. The van der Waals surface area contributed by atoms with Crippen LogP contribution in [0, 0.1) is 5.82 Å². The first-order valence-corrected chi connectivity index (χ1v) is 12.7. The van der Waals surface area contributed by atoms with E-state index in [2.05, 4.69) is 5.32 Å². The maximum absolute atomic E-state index is 15.3. The van der Waals surface area contributed by atoms with Gasteiger partial charge in [0.25, 0.3) is 0 Å². The fraction of sp³-hybridized carbons (Fsp3) is 0.379. The zero-order valence-electron chi connectivity index (χ0n) is 21.6. The number of hydrogen-bond donors (Lipinski definition) is 1. The largest absolute Gasteiger partial charge is 0.493 e. The predicted molar refractivity (Wildman–Crippen MR) is 139 cm³/mol. The molecule has 37 heavy (non-hydrogen) atoms. The number of carbonyl (C=O) groups is 2. The molecule has 2 aromatic carbocycles. The van der Waals surface area contributed by atoms with Crippen LogP contribution >= 0.6 is 11.6 Å². The number of esters is 1. The van der Waals surface area contributed by atoms with Gasteiger partial charge in [0, 0.05) is 34.0 Å². The van der Waals surface area contributed by atoms with Crippen molar-refractivity contribution in [1.29, 1.82) is 0 Å². The summed E-state index contributed by atoms with van der Waals surface area (Å²) in [7, 11) is 3.13. The molecule has 196 valence electrons. The Morgan fingerprint density at radius 3 is 2.54 bits per heavy atom. The number of ether oxygens (including phenoxy) is 3. The molecule has 8 heteroatoms. The van der Waals surface area contributed by atoms with Crippen LogP contribution in [0.15, 0.2) is 58.9 Å². The number of Topliss-reactive ketones (excluding diaryl/α,β-unsaturated/α-hetero) is 1. The topological polar surface area (TPSA) is 73.9 Å². The Hall–Kier alpha value is -3.32. The van der Waals surface area contributed by atoms with E-state index in [-0.39, 0.29) is 40.4 Å². The van der Waals surface area contributed by atoms with Crippen LogP contribution in [0.2, 0.25) is 5.02 Å². The minimum absolute atomic E-state index is 0.103. The fourth-order valence-electron chi connectivity index (χ4n) is 5.06. The van der Waals surface area contributed by atoms with Gasteiger partial charge in [-0.25, -0.2) is 9.18 Å². The molecule has 3 atom stereocenters.